The lowest BCUT2D eigenvalue weighted by atomic mass is 10.2. The summed E-state index contributed by atoms with van der Waals surface area (Å²) >= 11 is 7.45. The Bertz CT molecular complexity index is 1090. The van der Waals surface area contributed by atoms with Crippen LogP contribution in [0.2, 0.25) is 5.02 Å². The first-order valence-corrected chi connectivity index (χ1v) is 10.8. The van der Waals surface area contributed by atoms with Crippen LogP contribution >= 0.6 is 23.4 Å². The van der Waals surface area contributed by atoms with Gasteiger partial charge in [-0.25, -0.2) is 0 Å². The summed E-state index contributed by atoms with van der Waals surface area (Å²) in [5, 5.41) is 6.06. The van der Waals surface area contributed by atoms with Crippen molar-refractivity contribution in [2.45, 2.75) is 4.90 Å². The molecule has 0 spiro atoms. The van der Waals surface area contributed by atoms with Crippen LogP contribution in [0.15, 0.2) is 83.8 Å². The predicted octanol–water partition coefficient (Wildman–Crippen LogP) is 5.73. The number of methoxy groups -OCH3 is 1. The molecule has 31 heavy (non-hydrogen) atoms. The Morgan fingerprint density at radius 1 is 0.968 bits per heavy atom. The molecule has 3 rings (SSSR count). The summed E-state index contributed by atoms with van der Waals surface area (Å²) in [4.78, 5) is 25.3. The molecule has 2 amide bonds. The topological polar surface area (TPSA) is 67.4 Å². The summed E-state index contributed by atoms with van der Waals surface area (Å²) in [6.07, 6.45) is 3.24. The SMILES string of the molecule is COc1ccc(NC(=O)CSc2cccc(NC(=O)/C=C/c3ccccc3)c2)cc1Cl. The fourth-order valence-electron chi connectivity index (χ4n) is 2.67. The standard InChI is InChI=1S/C24H21ClN2O3S/c1-30-22-12-11-19(15-21(22)25)27-24(29)16-31-20-9-5-8-18(14-20)26-23(28)13-10-17-6-3-2-4-7-17/h2-15H,16H2,1H3,(H,26,28)(H,27,29)/b13-10+. The molecule has 0 saturated carbocycles. The van der Waals surface area contributed by atoms with E-state index in [2.05, 4.69) is 10.6 Å². The van der Waals surface area contributed by atoms with Crippen molar-refractivity contribution in [2.24, 2.45) is 0 Å². The molecule has 0 aliphatic carbocycles. The summed E-state index contributed by atoms with van der Waals surface area (Å²) in [6, 6.07) is 22.0. The Kier molecular flexibility index (Phi) is 8.15. The van der Waals surface area contributed by atoms with Gasteiger partial charge in [-0.2, -0.15) is 0 Å². The second-order valence-corrected chi connectivity index (χ2v) is 7.90. The lowest BCUT2D eigenvalue weighted by Crippen LogP contribution is -2.14. The molecule has 0 aliphatic rings. The molecule has 2 N–H and O–H groups in total. The number of amides is 2. The van der Waals surface area contributed by atoms with Gasteiger partial charge in [0.25, 0.3) is 0 Å². The van der Waals surface area contributed by atoms with Crippen molar-refractivity contribution in [1.29, 1.82) is 0 Å². The van der Waals surface area contributed by atoms with Crippen LogP contribution in [0.4, 0.5) is 11.4 Å². The molecular formula is C24H21ClN2O3S. The van der Waals surface area contributed by atoms with E-state index in [-0.39, 0.29) is 17.6 Å². The number of nitrogens with one attached hydrogen (secondary N) is 2. The van der Waals surface area contributed by atoms with Gasteiger partial charge in [0.05, 0.1) is 17.9 Å². The third kappa shape index (κ3) is 7.20. The van der Waals surface area contributed by atoms with Crippen molar-refractivity contribution in [3.8, 4) is 5.75 Å². The number of halogens is 1. The van der Waals surface area contributed by atoms with Crippen molar-refractivity contribution in [3.63, 3.8) is 0 Å². The van der Waals surface area contributed by atoms with Crippen LogP contribution in [-0.4, -0.2) is 24.7 Å². The van der Waals surface area contributed by atoms with E-state index < -0.39 is 0 Å². The van der Waals surface area contributed by atoms with Gasteiger partial charge in [0.2, 0.25) is 11.8 Å². The summed E-state index contributed by atoms with van der Waals surface area (Å²) in [5.74, 6) is 0.382. The average Bonchev–Trinajstić information content (AvgIpc) is 2.77. The van der Waals surface area contributed by atoms with Gasteiger partial charge < -0.3 is 15.4 Å². The zero-order chi connectivity index (χ0) is 22.1. The highest BCUT2D eigenvalue weighted by Crippen LogP contribution is 2.27. The van der Waals surface area contributed by atoms with Crippen molar-refractivity contribution >= 4 is 52.6 Å². The van der Waals surface area contributed by atoms with Crippen LogP contribution in [0.5, 0.6) is 5.75 Å². The smallest absolute Gasteiger partial charge is 0.248 e. The fourth-order valence-corrected chi connectivity index (χ4v) is 3.69. The normalized spacial score (nSPS) is 10.6. The lowest BCUT2D eigenvalue weighted by molar-refractivity contribution is -0.114. The van der Waals surface area contributed by atoms with Crippen molar-refractivity contribution in [2.75, 3.05) is 23.5 Å². The van der Waals surface area contributed by atoms with Crippen LogP contribution in [0.3, 0.4) is 0 Å². The first-order chi connectivity index (χ1) is 15.0. The van der Waals surface area contributed by atoms with E-state index in [0.29, 0.717) is 22.1 Å². The van der Waals surface area contributed by atoms with E-state index in [0.717, 1.165) is 10.5 Å². The fraction of sp³-hybridized carbons (Fsp3) is 0.0833. The number of carbonyl (C=O) groups is 2. The average molecular weight is 453 g/mol. The Labute approximate surface area is 190 Å². The summed E-state index contributed by atoms with van der Waals surface area (Å²) in [5.41, 5.74) is 2.21. The largest absolute Gasteiger partial charge is 0.495 e. The minimum atomic E-state index is -0.222. The number of carbonyl (C=O) groups excluding carboxylic acids is 2. The van der Waals surface area contributed by atoms with E-state index in [1.165, 1.54) is 24.9 Å². The molecule has 0 atom stereocenters. The van der Waals surface area contributed by atoms with Crippen molar-refractivity contribution < 1.29 is 14.3 Å². The predicted molar refractivity (Wildman–Crippen MR) is 128 cm³/mol. The third-order valence-corrected chi connectivity index (χ3v) is 5.42. The monoisotopic (exact) mass is 452 g/mol. The molecule has 0 aromatic heterocycles. The van der Waals surface area contributed by atoms with Crippen LogP contribution in [0.25, 0.3) is 6.08 Å². The minimum Gasteiger partial charge on any atom is -0.495 e. The number of hydrogen-bond donors (Lipinski definition) is 2. The molecule has 0 radical (unpaired) electrons. The number of ether oxygens (including phenoxy) is 1. The molecule has 5 nitrogen and oxygen atoms in total. The highest BCUT2D eigenvalue weighted by molar-refractivity contribution is 8.00. The molecule has 0 unspecified atom stereocenters. The van der Waals surface area contributed by atoms with Crippen LogP contribution in [0, 0.1) is 0 Å². The zero-order valence-corrected chi connectivity index (χ0v) is 18.4. The number of anilines is 2. The quantitative estimate of drug-likeness (QED) is 0.338. The second kappa shape index (κ2) is 11.2. The van der Waals surface area contributed by atoms with Gasteiger partial charge in [-0.15, -0.1) is 11.8 Å². The Morgan fingerprint density at radius 2 is 1.74 bits per heavy atom. The zero-order valence-electron chi connectivity index (χ0n) is 16.8. The van der Waals surface area contributed by atoms with Crippen LogP contribution in [-0.2, 0) is 9.59 Å². The van der Waals surface area contributed by atoms with E-state index in [1.807, 2.05) is 48.5 Å². The van der Waals surface area contributed by atoms with E-state index >= 15 is 0 Å². The molecule has 0 fully saturated rings. The van der Waals surface area contributed by atoms with Crippen molar-refractivity contribution in [1.82, 2.24) is 0 Å². The van der Waals surface area contributed by atoms with E-state index in [1.54, 1.807) is 30.3 Å². The Hall–Kier alpha value is -3.22. The van der Waals surface area contributed by atoms with Crippen molar-refractivity contribution in [3.05, 3.63) is 89.5 Å². The first kappa shape index (κ1) is 22.5. The first-order valence-electron chi connectivity index (χ1n) is 9.44. The molecule has 7 heteroatoms. The van der Waals surface area contributed by atoms with E-state index in [9.17, 15) is 9.59 Å². The minimum absolute atomic E-state index is 0.161. The molecule has 0 aliphatic heterocycles. The summed E-state index contributed by atoms with van der Waals surface area (Å²) in [6.45, 7) is 0. The Morgan fingerprint density at radius 3 is 2.48 bits per heavy atom. The molecule has 0 bridgehead atoms. The van der Waals surface area contributed by atoms with Crippen LogP contribution < -0.4 is 15.4 Å². The summed E-state index contributed by atoms with van der Waals surface area (Å²) in [7, 11) is 1.53. The van der Waals surface area contributed by atoms with Gasteiger partial charge >= 0.3 is 0 Å². The molecule has 0 heterocycles. The number of benzene rings is 3. The molecule has 158 valence electrons. The van der Waals surface area contributed by atoms with Gasteiger partial charge in [-0.05, 0) is 48.0 Å². The van der Waals surface area contributed by atoms with Gasteiger partial charge in [0.15, 0.2) is 0 Å². The highest BCUT2D eigenvalue weighted by atomic mass is 35.5. The van der Waals surface area contributed by atoms with E-state index in [4.69, 9.17) is 16.3 Å². The molecular weight excluding hydrogens is 432 g/mol. The maximum absolute atomic E-state index is 12.2. The number of hydrogen-bond acceptors (Lipinski definition) is 4. The molecule has 3 aromatic rings. The van der Waals surface area contributed by atoms with Gasteiger partial charge in [-0.1, -0.05) is 48.0 Å². The second-order valence-electron chi connectivity index (χ2n) is 6.45. The Balaban J connectivity index is 1.52. The molecule has 3 aromatic carbocycles. The van der Waals surface area contributed by atoms with Gasteiger partial charge in [0, 0.05) is 22.3 Å². The van der Waals surface area contributed by atoms with Gasteiger partial charge in [0.1, 0.15) is 5.75 Å². The lowest BCUT2D eigenvalue weighted by Gasteiger charge is -2.09. The van der Waals surface area contributed by atoms with Crippen LogP contribution in [0.1, 0.15) is 5.56 Å². The van der Waals surface area contributed by atoms with Gasteiger partial charge in [-0.3, -0.25) is 9.59 Å². The number of thioether (sulfide) groups is 1. The highest BCUT2D eigenvalue weighted by Gasteiger charge is 2.07. The number of rotatable bonds is 8. The maximum atomic E-state index is 12.2. The molecule has 0 saturated heterocycles. The maximum Gasteiger partial charge on any atom is 0.248 e. The third-order valence-electron chi connectivity index (χ3n) is 4.13. The summed E-state index contributed by atoms with van der Waals surface area (Å²) < 4.78 is 5.10.